The first-order valence-corrected chi connectivity index (χ1v) is 16.2. The van der Waals surface area contributed by atoms with Crippen molar-refractivity contribution in [2.75, 3.05) is 19.6 Å². The molecule has 1 heterocycles. The zero-order chi connectivity index (χ0) is 34.1. The van der Waals surface area contributed by atoms with Gasteiger partial charge in [0.15, 0.2) is 5.78 Å². The highest BCUT2D eigenvalue weighted by atomic mass is 16.2. The van der Waals surface area contributed by atoms with Gasteiger partial charge in [-0.15, -0.1) is 0 Å². The molecule has 8 N–H and O–H groups in total. The van der Waals surface area contributed by atoms with Crippen LogP contribution in [-0.4, -0.2) is 84.0 Å². The van der Waals surface area contributed by atoms with Crippen molar-refractivity contribution in [1.82, 2.24) is 26.2 Å². The second-order valence-electron chi connectivity index (χ2n) is 12.5. The number of carbonyl (C=O) groups is 7. The Labute approximate surface area is 266 Å². The summed E-state index contributed by atoms with van der Waals surface area (Å²) in [6.07, 6.45) is 4.42. The van der Waals surface area contributed by atoms with Gasteiger partial charge in [0.2, 0.25) is 29.5 Å². The SMILES string of the molecule is CC(=O)C(CCCNC(N)=O)NC(=O)C(NC(=O)C(CCCCN)NC(=O)CCCCCN1C(=O)CC(C(C)C)C1=O)C(C)C. The summed E-state index contributed by atoms with van der Waals surface area (Å²) in [4.78, 5) is 88.3. The van der Waals surface area contributed by atoms with E-state index in [9.17, 15) is 33.6 Å². The van der Waals surface area contributed by atoms with Gasteiger partial charge in [0, 0.05) is 31.8 Å². The molecule has 0 spiro atoms. The van der Waals surface area contributed by atoms with Crippen molar-refractivity contribution >= 4 is 41.4 Å². The predicted molar refractivity (Wildman–Crippen MR) is 169 cm³/mol. The topological polar surface area (TPSA) is 223 Å². The van der Waals surface area contributed by atoms with Crippen molar-refractivity contribution in [2.24, 2.45) is 29.2 Å². The second-order valence-corrected chi connectivity index (χ2v) is 12.5. The van der Waals surface area contributed by atoms with E-state index >= 15 is 0 Å². The molecule has 256 valence electrons. The lowest BCUT2D eigenvalue weighted by molar-refractivity contribution is -0.140. The summed E-state index contributed by atoms with van der Waals surface area (Å²) in [5, 5.41) is 10.7. The van der Waals surface area contributed by atoms with E-state index in [0.29, 0.717) is 58.0 Å². The van der Waals surface area contributed by atoms with E-state index in [4.69, 9.17) is 11.5 Å². The summed E-state index contributed by atoms with van der Waals surface area (Å²) >= 11 is 0. The average Bonchev–Trinajstić information content (AvgIpc) is 3.24. The van der Waals surface area contributed by atoms with Gasteiger partial charge >= 0.3 is 6.03 Å². The Balaban J connectivity index is 2.70. The largest absolute Gasteiger partial charge is 0.352 e. The van der Waals surface area contributed by atoms with E-state index in [1.165, 1.54) is 11.8 Å². The number of hydrogen-bond donors (Lipinski definition) is 6. The summed E-state index contributed by atoms with van der Waals surface area (Å²) in [5.74, 6) is -2.36. The number of likely N-dealkylation sites (tertiary alicyclic amines) is 1. The number of nitrogens with two attached hydrogens (primary N) is 2. The molecule has 0 saturated carbocycles. The maximum atomic E-state index is 13.3. The molecule has 0 aromatic heterocycles. The molecule has 0 aliphatic carbocycles. The minimum atomic E-state index is -0.955. The van der Waals surface area contributed by atoms with Crippen LogP contribution in [0.2, 0.25) is 0 Å². The zero-order valence-electron chi connectivity index (χ0n) is 27.6. The van der Waals surface area contributed by atoms with Gasteiger partial charge < -0.3 is 32.7 Å². The molecule has 45 heavy (non-hydrogen) atoms. The minimum Gasteiger partial charge on any atom is -0.352 e. The third-order valence-electron chi connectivity index (χ3n) is 7.99. The van der Waals surface area contributed by atoms with E-state index in [1.54, 1.807) is 13.8 Å². The van der Waals surface area contributed by atoms with Crippen LogP contribution in [-0.2, 0) is 28.8 Å². The van der Waals surface area contributed by atoms with Crippen molar-refractivity contribution < 1.29 is 33.6 Å². The summed E-state index contributed by atoms with van der Waals surface area (Å²) in [5.41, 5.74) is 10.7. The average molecular weight is 638 g/mol. The maximum Gasteiger partial charge on any atom is 0.312 e. The van der Waals surface area contributed by atoms with E-state index in [0.717, 1.165) is 0 Å². The van der Waals surface area contributed by atoms with Crippen molar-refractivity contribution in [2.45, 2.75) is 117 Å². The molecule has 14 heteroatoms. The Morgan fingerprint density at radius 3 is 2.07 bits per heavy atom. The van der Waals surface area contributed by atoms with Crippen LogP contribution in [0, 0.1) is 17.8 Å². The summed E-state index contributed by atoms with van der Waals surface area (Å²) < 4.78 is 0. The van der Waals surface area contributed by atoms with E-state index in [-0.39, 0.29) is 67.1 Å². The Hall–Kier alpha value is -3.55. The number of Topliss-reactive ketones (excluding diaryl/α,β-unsaturated/α-hetero) is 1. The predicted octanol–water partition coefficient (Wildman–Crippen LogP) is 0.855. The smallest absolute Gasteiger partial charge is 0.312 e. The fourth-order valence-corrected chi connectivity index (χ4v) is 5.17. The van der Waals surface area contributed by atoms with Crippen LogP contribution in [0.1, 0.15) is 98.8 Å². The van der Waals surface area contributed by atoms with Gasteiger partial charge in [0.1, 0.15) is 12.1 Å². The van der Waals surface area contributed by atoms with Gasteiger partial charge in [-0.1, -0.05) is 34.1 Å². The van der Waals surface area contributed by atoms with Gasteiger partial charge in [-0.25, -0.2) is 4.79 Å². The standard InChI is InChI=1S/C31H55N7O7/c1-19(2)22-18-26(41)38(30(22)44)17-10-6-7-14-25(40)35-24(12-8-9-15-32)28(42)37-27(20(3)4)29(43)36-23(21(5)39)13-11-16-34-31(33)45/h19-20,22-24,27H,6-18,32H2,1-5H3,(H,35,40)(H,36,43)(H,37,42)(H3,33,34,45). The van der Waals surface area contributed by atoms with Crippen LogP contribution in [0.25, 0.3) is 0 Å². The fraction of sp³-hybridized carbons (Fsp3) is 0.774. The van der Waals surface area contributed by atoms with Crippen molar-refractivity contribution in [3.8, 4) is 0 Å². The number of nitrogens with zero attached hydrogens (tertiary/aromatic N) is 1. The van der Waals surface area contributed by atoms with Gasteiger partial charge in [-0.3, -0.25) is 33.7 Å². The molecule has 1 aliphatic heterocycles. The number of unbranched alkanes of at least 4 members (excludes halogenated alkanes) is 3. The normalized spacial score (nSPS) is 16.8. The fourth-order valence-electron chi connectivity index (χ4n) is 5.17. The molecule has 7 amide bonds. The minimum absolute atomic E-state index is 0.108. The number of urea groups is 1. The number of imide groups is 1. The molecule has 1 aliphatic rings. The van der Waals surface area contributed by atoms with Crippen LogP contribution in [0.4, 0.5) is 4.79 Å². The summed E-state index contributed by atoms with van der Waals surface area (Å²) in [7, 11) is 0. The Morgan fingerprint density at radius 2 is 1.51 bits per heavy atom. The number of ketones is 1. The maximum absolute atomic E-state index is 13.3. The summed E-state index contributed by atoms with van der Waals surface area (Å²) in [6, 6.07) is -3.32. The monoisotopic (exact) mass is 637 g/mol. The van der Waals surface area contributed by atoms with Crippen molar-refractivity contribution in [3.63, 3.8) is 0 Å². The molecule has 4 unspecified atom stereocenters. The highest BCUT2D eigenvalue weighted by Gasteiger charge is 2.39. The van der Waals surface area contributed by atoms with Crippen LogP contribution >= 0.6 is 0 Å². The first-order chi connectivity index (χ1) is 21.2. The Kier molecular flexibility index (Phi) is 18.0. The number of nitrogens with one attached hydrogen (secondary N) is 4. The van der Waals surface area contributed by atoms with E-state index in [2.05, 4.69) is 21.3 Å². The third-order valence-corrected chi connectivity index (χ3v) is 7.99. The van der Waals surface area contributed by atoms with Gasteiger partial charge in [-0.2, -0.15) is 0 Å². The Bertz CT molecular complexity index is 1030. The molecular formula is C31H55N7O7. The zero-order valence-corrected chi connectivity index (χ0v) is 27.6. The number of rotatable bonds is 22. The quantitative estimate of drug-likeness (QED) is 0.0736. The highest BCUT2D eigenvalue weighted by Crippen LogP contribution is 2.26. The number of hydrogen-bond acceptors (Lipinski definition) is 8. The lowest BCUT2D eigenvalue weighted by Crippen LogP contribution is -2.57. The van der Waals surface area contributed by atoms with E-state index < -0.39 is 36.0 Å². The molecule has 14 nitrogen and oxygen atoms in total. The van der Waals surface area contributed by atoms with Crippen LogP contribution in [0.5, 0.6) is 0 Å². The molecule has 1 rings (SSSR count). The molecule has 1 saturated heterocycles. The molecule has 4 atom stereocenters. The molecule has 0 aromatic carbocycles. The van der Waals surface area contributed by atoms with Crippen LogP contribution in [0.3, 0.4) is 0 Å². The molecule has 1 fully saturated rings. The first kappa shape index (κ1) is 39.5. The van der Waals surface area contributed by atoms with Gasteiger partial charge in [0.25, 0.3) is 0 Å². The molecule has 0 bridgehead atoms. The highest BCUT2D eigenvalue weighted by molar-refractivity contribution is 6.03. The third kappa shape index (κ3) is 14.4. The number of amides is 7. The van der Waals surface area contributed by atoms with Crippen molar-refractivity contribution in [1.29, 1.82) is 0 Å². The Morgan fingerprint density at radius 1 is 0.844 bits per heavy atom. The number of primary amides is 1. The molecule has 0 aromatic rings. The lowest BCUT2D eigenvalue weighted by atomic mass is 9.94. The first-order valence-electron chi connectivity index (χ1n) is 16.2. The van der Waals surface area contributed by atoms with Crippen LogP contribution in [0.15, 0.2) is 0 Å². The van der Waals surface area contributed by atoms with E-state index in [1.807, 2.05) is 13.8 Å². The number of carbonyl (C=O) groups excluding carboxylic acids is 7. The summed E-state index contributed by atoms with van der Waals surface area (Å²) in [6.45, 7) is 9.75. The second kappa shape index (κ2) is 20.5. The van der Waals surface area contributed by atoms with Crippen molar-refractivity contribution in [3.05, 3.63) is 0 Å². The van der Waals surface area contributed by atoms with Gasteiger partial charge in [0.05, 0.1) is 6.04 Å². The molecule has 0 radical (unpaired) electrons. The molecular weight excluding hydrogens is 582 g/mol. The lowest BCUT2D eigenvalue weighted by Gasteiger charge is -2.27. The van der Waals surface area contributed by atoms with Crippen LogP contribution < -0.4 is 32.7 Å². The van der Waals surface area contributed by atoms with Gasteiger partial charge in [-0.05, 0) is 70.3 Å².